The average Bonchev–Trinajstić information content (AvgIpc) is 2.67. The molecule has 3 aromatic rings. The van der Waals surface area contributed by atoms with Gasteiger partial charge in [-0.2, -0.15) is 0 Å². The first-order valence-corrected chi connectivity index (χ1v) is 12.7. The second kappa shape index (κ2) is 8.53. The SMILES string of the molecule is Cc1ccc(NS(=O)(=O)c2ccc(C)c(NS(=O)(=O)c3ccc(C)c(Cl)c3)c2)c(C)c1. The van der Waals surface area contributed by atoms with Crippen LogP contribution in [-0.4, -0.2) is 16.8 Å². The Hall–Kier alpha value is -2.55. The van der Waals surface area contributed by atoms with Gasteiger partial charge in [-0.3, -0.25) is 9.44 Å². The zero-order chi connectivity index (χ0) is 23.0. The van der Waals surface area contributed by atoms with E-state index < -0.39 is 20.0 Å². The molecule has 0 bridgehead atoms. The highest BCUT2D eigenvalue weighted by molar-refractivity contribution is 7.93. The van der Waals surface area contributed by atoms with E-state index in [1.54, 1.807) is 32.0 Å². The third kappa shape index (κ3) is 5.20. The Morgan fingerprint density at radius 3 is 1.74 bits per heavy atom. The molecule has 3 rings (SSSR count). The molecule has 2 N–H and O–H groups in total. The standard InChI is InChI=1S/C22H23ClN2O4S2/c1-14-5-10-21(17(4)11-14)24-31(28,29)19-9-7-16(3)22(13-19)25-30(26,27)18-8-6-15(2)20(23)12-18/h5-13,24-25H,1-4H3. The first kappa shape index (κ1) is 23.1. The summed E-state index contributed by atoms with van der Waals surface area (Å²) in [6, 6.07) is 14.1. The molecule has 0 aliphatic carbocycles. The number of rotatable bonds is 6. The van der Waals surface area contributed by atoms with Gasteiger partial charge in [-0.1, -0.05) is 41.4 Å². The van der Waals surface area contributed by atoms with E-state index in [0.29, 0.717) is 16.3 Å². The van der Waals surface area contributed by atoms with E-state index in [0.717, 1.165) is 16.7 Å². The minimum Gasteiger partial charge on any atom is -0.279 e. The number of anilines is 2. The van der Waals surface area contributed by atoms with Crippen LogP contribution in [-0.2, 0) is 20.0 Å². The number of nitrogens with one attached hydrogen (secondary N) is 2. The Kier molecular flexibility index (Phi) is 6.36. The number of sulfonamides is 2. The van der Waals surface area contributed by atoms with Crippen LogP contribution >= 0.6 is 11.6 Å². The molecule has 3 aromatic carbocycles. The molecular weight excluding hydrogens is 456 g/mol. The summed E-state index contributed by atoms with van der Waals surface area (Å²) in [4.78, 5) is -0.0677. The average molecular weight is 479 g/mol. The van der Waals surface area contributed by atoms with Crippen LogP contribution in [0.3, 0.4) is 0 Å². The van der Waals surface area contributed by atoms with Crippen LogP contribution < -0.4 is 9.44 Å². The Morgan fingerprint density at radius 2 is 1.16 bits per heavy atom. The van der Waals surface area contributed by atoms with E-state index in [1.807, 2.05) is 26.0 Å². The van der Waals surface area contributed by atoms with E-state index in [4.69, 9.17) is 11.6 Å². The van der Waals surface area contributed by atoms with Gasteiger partial charge in [0.1, 0.15) is 0 Å². The Balaban J connectivity index is 1.94. The van der Waals surface area contributed by atoms with Crippen LogP contribution in [0.5, 0.6) is 0 Å². The number of hydrogen-bond acceptors (Lipinski definition) is 4. The van der Waals surface area contributed by atoms with E-state index in [-0.39, 0.29) is 15.5 Å². The van der Waals surface area contributed by atoms with Crippen molar-refractivity contribution in [3.8, 4) is 0 Å². The van der Waals surface area contributed by atoms with Gasteiger partial charge < -0.3 is 0 Å². The molecule has 31 heavy (non-hydrogen) atoms. The van der Waals surface area contributed by atoms with Crippen molar-refractivity contribution in [1.82, 2.24) is 0 Å². The molecule has 0 heterocycles. The zero-order valence-electron chi connectivity index (χ0n) is 17.5. The zero-order valence-corrected chi connectivity index (χ0v) is 19.9. The highest BCUT2D eigenvalue weighted by Gasteiger charge is 2.20. The number of hydrogen-bond donors (Lipinski definition) is 2. The van der Waals surface area contributed by atoms with Gasteiger partial charge in [0.15, 0.2) is 0 Å². The summed E-state index contributed by atoms with van der Waals surface area (Å²) in [5, 5.41) is 0.327. The monoisotopic (exact) mass is 478 g/mol. The summed E-state index contributed by atoms with van der Waals surface area (Å²) in [6.45, 7) is 7.19. The molecule has 0 radical (unpaired) electrons. The van der Waals surface area contributed by atoms with Gasteiger partial charge in [-0.25, -0.2) is 16.8 Å². The molecule has 9 heteroatoms. The minimum absolute atomic E-state index is 0.0100. The van der Waals surface area contributed by atoms with Gasteiger partial charge in [0.25, 0.3) is 20.0 Å². The lowest BCUT2D eigenvalue weighted by Gasteiger charge is -2.15. The second-order valence-electron chi connectivity index (χ2n) is 7.42. The van der Waals surface area contributed by atoms with Gasteiger partial charge >= 0.3 is 0 Å². The number of halogens is 1. The molecule has 0 unspecified atom stereocenters. The molecule has 164 valence electrons. The predicted molar refractivity (Wildman–Crippen MR) is 125 cm³/mol. The van der Waals surface area contributed by atoms with Gasteiger partial charge in [-0.15, -0.1) is 0 Å². The van der Waals surface area contributed by atoms with Crippen LogP contribution in [0, 0.1) is 27.7 Å². The third-order valence-electron chi connectivity index (χ3n) is 4.84. The Morgan fingerprint density at radius 1 is 0.613 bits per heavy atom. The maximum atomic E-state index is 12.9. The van der Waals surface area contributed by atoms with Crippen molar-refractivity contribution in [3.63, 3.8) is 0 Å². The van der Waals surface area contributed by atoms with Crippen LogP contribution in [0.15, 0.2) is 64.4 Å². The molecule has 0 atom stereocenters. The van der Waals surface area contributed by atoms with Gasteiger partial charge in [0.05, 0.1) is 21.2 Å². The Labute approximate surface area is 188 Å². The molecule has 0 aromatic heterocycles. The van der Waals surface area contributed by atoms with E-state index >= 15 is 0 Å². The molecule has 0 saturated carbocycles. The molecule has 0 aliphatic heterocycles. The smallest absolute Gasteiger partial charge is 0.261 e. The summed E-state index contributed by atoms with van der Waals surface area (Å²) >= 11 is 6.06. The fourth-order valence-corrected chi connectivity index (χ4v) is 5.50. The highest BCUT2D eigenvalue weighted by Crippen LogP contribution is 2.27. The lowest BCUT2D eigenvalue weighted by Crippen LogP contribution is -2.16. The number of aryl methyl sites for hydroxylation is 4. The summed E-state index contributed by atoms with van der Waals surface area (Å²) in [5.74, 6) is 0. The van der Waals surface area contributed by atoms with Crippen LogP contribution in [0.25, 0.3) is 0 Å². The van der Waals surface area contributed by atoms with Crippen molar-refractivity contribution in [2.24, 2.45) is 0 Å². The van der Waals surface area contributed by atoms with Crippen molar-refractivity contribution in [2.75, 3.05) is 9.44 Å². The van der Waals surface area contributed by atoms with E-state index in [9.17, 15) is 16.8 Å². The molecule has 0 saturated heterocycles. The summed E-state index contributed by atoms with van der Waals surface area (Å²) in [5.41, 5.74) is 3.76. The van der Waals surface area contributed by atoms with E-state index in [2.05, 4.69) is 9.44 Å². The topological polar surface area (TPSA) is 92.3 Å². The van der Waals surface area contributed by atoms with Gasteiger partial charge in [0, 0.05) is 5.02 Å². The van der Waals surface area contributed by atoms with Crippen molar-refractivity contribution in [3.05, 3.63) is 81.9 Å². The normalized spacial score (nSPS) is 11.9. The highest BCUT2D eigenvalue weighted by atomic mass is 35.5. The van der Waals surface area contributed by atoms with Crippen LogP contribution in [0.4, 0.5) is 11.4 Å². The predicted octanol–water partition coefficient (Wildman–Crippen LogP) is 5.18. The largest absolute Gasteiger partial charge is 0.279 e. The summed E-state index contributed by atoms with van der Waals surface area (Å²) < 4.78 is 56.5. The van der Waals surface area contributed by atoms with Crippen LogP contribution in [0.1, 0.15) is 22.3 Å². The van der Waals surface area contributed by atoms with Crippen molar-refractivity contribution in [2.45, 2.75) is 37.5 Å². The van der Waals surface area contributed by atoms with E-state index in [1.165, 1.54) is 24.3 Å². The molecule has 6 nitrogen and oxygen atoms in total. The second-order valence-corrected chi connectivity index (χ2v) is 11.2. The minimum atomic E-state index is -3.96. The van der Waals surface area contributed by atoms with Gasteiger partial charge in [0.2, 0.25) is 0 Å². The van der Waals surface area contributed by atoms with Crippen molar-refractivity contribution < 1.29 is 16.8 Å². The summed E-state index contributed by atoms with van der Waals surface area (Å²) in [7, 11) is -7.88. The fourth-order valence-electron chi connectivity index (χ4n) is 2.95. The van der Waals surface area contributed by atoms with Crippen molar-refractivity contribution in [1.29, 1.82) is 0 Å². The lowest BCUT2D eigenvalue weighted by atomic mass is 10.1. The summed E-state index contributed by atoms with van der Waals surface area (Å²) in [6.07, 6.45) is 0. The molecule has 0 aliphatic rings. The fraction of sp³-hybridized carbons (Fsp3) is 0.182. The maximum absolute atomic E-state index is 12.9. The molecule has 0 amide bonds. The van der Waals surface area contributed by atoms with Crippen LogP contribution in [0.2, 0.25) is 5.02 Å². The van der Waals surface area contributed by atoms with Crippen molar-refractivity contribution >= 4 is 43.0 Å². The first-order valence-electron chi connectivity index (χ1n) is 9.39. The molecule has 0 fully saturated rings. The molecular formula is C22H23ClN2O4S2. The van der Waals surface area contributed by atoms with Gasteiger partial charge in [-0.05, 0) is 74.7 Å². The third-order valence-corrected chi connectivity index (χ3v) is 7.98. The quantitative estimate of drug-likeness (QED) is 0.510. The lowest BCUT2D eigenvalue weighted by molar-refractivity contribution is 0.598. The number of benzene rings is 3. The Bertz CT molecular complexity index is 1370. The maximum Gasteiger partial charge on any atom is 0.261 e. The molecule has 0 spiro atoms. The first-order chi connectivity index (χ1) is 14.4.